The van der Waals surface area contributed by atoms with Gasteiger partial charge in [-0.3, -0.25) is 4.79 Å². The van der Waals surface area contributed by atoms with Gasteiger partial charge in [-0.1, -0.05) is 12.1 Å². The summed E-state index contributed by atoms with van der Waals surface area (Å²) in [7, 11) is 0. The third-order valence-corrected chi connectivity index (χ3v) is 2.47. The third-order valence-electron chi connectivity index (χ3n) is 2.47. The molecule has 1 saturated heterocycles. The molecule has 1 aliphatic heterocycles. The van der Waals surface area contributed by atoms with Crippen LogP contribution in [0.4, 0.5) is 0 Å². The Balaban J connectivity index is 2.35. The summed E-state index contributed by atoms with van der Waals surface area (Å²) in [6.07, 6.45) is 0. The van der Waals surface area contributed by atoms with Gasteiger partial charge in [0.25, 0.3) is 0 Å². The summed E-state index contributed by atoms with van der Waals surface area (Å²) in [5.74, 6) is -0.681. The van der Waals surface area contributed by atoms with Gasteiger partial charge in [-0.15, -0.1) is 0 Å². The lowest BCUT2D eigenvalue weighted by molar-refractivity contribution is -0.151. The molecule has 0 radical (unpaired) electrons. The Labute approximate surface area is 94.1 Å². The molecule has 1 aromatic rings. The highest BCUT2D eigenvalue weighted by atomic mass is 16.7. The van der Waals surface area contributed by atoms with Gasteiger partial charge in [0.1, 0.15) is 5.75 Å². The number of hydrogen-bond acceptors (Lipinski definition) is 4. The largest absolute Gasteiger partial charge is 0.426 e. The molecule has 1 fully saturated rings. The van der Waals surface area contributed by atoms with Gasteiger partial charge in [-0.2, -0.15) is 0 Å². The van der Waals surface area contributed by atoms with Crippen LogP contribution in [0.3, 0.4) is 0 Å². The summed E-state index contributed by atoms with van der Waals surface area (Å²) in [4.78, 5) is 11.0. The lowest BCUT2D eigenvalue weighted by Gasteiger charge is -2.24. The maximum absolute atomic E-state index is 11.0. The summed E-state index contributed by atoms with van der Waals surface area (Å²) in [6, 6.07) is 7.23. The molecule has 0 saturated carbocycles. The van der Waals surface area contributed by atoms with Gasteiger partial charge in [0.15, 0.2) is 5.79 Å². The summed E-state index contributed by atoms with van der Waals surface area (Å²) in [6.45, 7) is 4.29. The molecule has 0 aromatic heterocycles. The van der Waals surface area contributed by atoms with E-state index in [4.69, 9.17) is 14.2 Å². The van der Waals surface area contributed by atoms with Crippen molar-refractivity contribution in [1.29, 1.82) is 0 Å². The predicted octanol–water partition coefficient (Wildman–Crippen LogP) is 1.83. The van der Waals surface area contributed by atoms with Crippen LogP contribution < -0.4 is 4.74 Å². The van der Waals surface area contributed by atoms with Crippen LogP contribution in [0.5, 0.6) is 5.75 Å². The Bertz CT molecular complexity index is 394. The Kier molecular flexibility index (Phi) is 2.94. The van der Waals surface area contributed by atoms with E-state index in [0.717, 1.165) is 5.56 Å². The molecular formula is C12H14O4. The molecule has 1 aromatic carbocycles. The normalized spacial score (nSPS) is 18.4. The summed E-state index contributed by atoms with van der Waals surface area (Å²) in [5.41, 5.74) is 0.739. The molecular weight excluding hydrogens is 208 g/mol. The first-order valence-electron chi connectivity index (χ1n) is 5.18. The highest BCUT2D eigenvalue weighted by Gasteiger charge is 2.35. The van der Waals surface area contributed by atoms with Crippen LogP contribution in [-0.4, -0.2) is 19.2 Å². The van der Waals surface area contributed by atoms with Crippen LogP contribution in [0.15, 0.2) is 24.3 Å². The number of ether oxygens (including phenoxy) is 3. The standard InChI is InChI=1S/C12H14O4/c1-9(13)16-11-6-4-3-5-10(11)12(2)14-7-8-15-12/h3-6H,7-8H2,1-2H3. The number of carbonyl (C=O) groups is 1. The molecule has 0 unspecified atom stereocenters. The molecule has 0 bridgehead atoms. The minimum atomic E-state index is -0.813. The van der Waals surface area contributed by atoms with Crippen LogP contribution in [0, 0.1) is 0 Å². The monoisotopic (exact) mass is 222 g/mol. The van der Waals surface area contributed by atoms with Crippen LogP contribution in [0.1, 0.15) is 19.4 Å². The van der Waals surface area contributed by atoms with E-state index in [1.54, 1.807) is 12.1 Å². The zero-order valence-corrected chi connectivity index (χ0v) is 9.36. The molecule has 0 spiro atoms. The molecule has 2 rings (SSSR count). The Morgan fingerprint density at radius 2 is 1.94 bits per heavy atom. The van der Waals surface area contributed by atoms with Crippen LogP contribution in [-0.2, 0) is 20.1 Å². The van der Waals surface area contributed by atoms with Crippen molar-refractivity contribution < 1.29 is 19.0 Å². The molecule has 16 heavy (non-hydrogen) atoms. The first kappa shape index (κ1) is 11.1. The number of hydrogen-bond donors (Lipinski definition) is 0. The Morgan fingerprint density at radius 1 is 1.31 bits per heavy atom. The molecule has 0 aliphatic carbocycles. The first-order chi connectivity index (χ1) is 7.62. The van der Waals surface area contributed by atoms with E-state index in [-0.39, 0.29) is 5.97 Å². The lowest BCUT2D eigenvalue weighted by Crippen LogP contribution is -2.23. The summed E-state index contributed by atoms with van der Waals surface area (Å²) in [5, 5.41) is 0. The van der Waals surface area contributed by atoms with E-state index in [2.05, 4.69) is 0 Å². The number of rotatable bonds is 2. The Morgan fingerprint density at radius 3 is 2.56 bits per heavy atom. The molecule has 0 N–H and O–H groups in total. The Hall–Kier alpha value is -1.39. The molecule has 1 aliphatic rings. The average Bonchev–Trinajstić information content (AvgIpc) is 2.66. The minimum Gasteiger partial charge on any atom is -0.426 e. The molecule has 86 valence electrons. The SMILES string of the molecule is CC(=O)Oc1ccccc1C1(C)OCCO1. The van der Waals surface area contributed by atoms with Gasteiger partial charge < -0.3 is 14.2 Å². The predicted molar refractivity (Wildman–Crippen MR) is 57.0 cm³/mol. The number of carbonyl (C=O) groups excluding carboxylic acids is 1. The van der Waals surface area contributed by atoms with E-state index in [1.807, 2.05) is 19.1 Å². The van der Waals surface area contributed by atoms with Gasteiger partial charge in [0.2, 0.25) is 0 Å². The van der Waals surface area contributed by atoms with Crippen molar-refractivity contribution in [3.8, 4) is 5.75 Å². The quantitative estimate of drug-likeness (QED) is 0.565. The number of esters is 1. The molecule has 0 amide bonds. The average molecular weight is 222 g/mol. The van der Waals surface area contributed by atoms with Crippen LogP contribution in [0.25, 0.3) is 0 Å². The topological polar surface area (TPSA) is 44.8 Å². The molecule has 4 nitrogen and oxygen atoms in total. The summed E-state index contributed by atoms with van der Waals surface area (Å²) >= 11 is 0. The molecule has 4 heteroatoms. The third kappa shape index (κ3) is 2.08. The zero-order chi connectivity index (χ0) is 11.6. The highest BCUT2D eigenvalue weighted by Crippen LogP contribution is 2.36. The second-order valence-corrected chi connectivity index (χ2v) is 3.73. The fourth-order valence-electron chi connectivity index (χ4n) is 1.76. The second-order valence-electron chi connectivity index (χ2n) is 3.73. The van der Waals surface area contributed by atoms with Crippen molar-refractivity contribution in [2.75, 3.05) is 13.2 Å². The van der Waals surface area contributed by atoms with Gasteiger partial charge in [-0.05, 0) is 19.1 Å². The zero-order valence-electron chi connectivity index (χ0n) is 9.36. The van der Waals surface area contributed by atoms with E-state index in [0.29, 0.717) is 19.0 Å². The van der Waals surface area contributed by atoms with Gasteiger partial charge in [0.05, 0.1) is 18.8 Å². The van der Waals surface area contributed by atoms with Crippen LogP contribution >= 0.6 is 0 Å². The van der Waals surface area contributed by atoms with Crippen molar-refractivity contribution in [2.24, 2.45) is 0 Å². The van der Waals surface area contributed by atoms with Crippen LogP contribution in [0.2, 0.25) is 0 Å². The van der Waals surface area contributed by atoms with Crippen molar-refractivity contribution in [2.45, 2.75) is 19.6 Å². The first-order valence-corrected chi connectivity index (χ1v) is 5.18. The van der Waals surface area contributed by atoms with E-state index >= 15 is 0 Å². The van der Waals surface area contributed by atoms with E-state index in [1.165, 1.54) is 6.92 Å². The van der Waals surface area contributed by atoms with Gasteiger partial charge in [0, 0.05) is 6.92 Å². The van der Waals surface area contributed by atoms with Crippen molar-refractivity contribution >= 4 is 5.97 Å². The number of para-hydroxylation sites is 1. The number of benzene rings is 1. The highest BCUT2D eigenvalue weighted by molar-refractivity contribution is 5.69. The van der Waals surface area contributed by atoms with E-state index < -0.39 is 5.79 Å². The molecule has 0 atom stereocenters. The lowest BCUT2D eigenvalue weighted by atomic mass is 10.1. The van der Waals surface area contributed by atoms with Gasteiger partial charge >= 0.3 is 5.97 Å². The molecule has 1 heterocycles. The van der Waals surface area contributed by atoms with E-state index in [9.17, 15) is 4.79 Å². The van der Waals surface area contributed by atoms with Crippen molar-refractivity contribution in [3.63, 3.8) is 0 Å². The fourth-order valence-corrected chi connectivity index (χ4v) is 1.76. The minimum absolute atomic E-state index is 0.353. The second kappa shape index (κ2) is 4.23. The maximum atomic E-state index is 11.0. The summed E-state index contributed by atoms with van der Waals surface area (Å²) < 4.78 is 16.2. The fraction of sp³-hybridized carbons (Fsp3) is 0.417. The van der Waals surface area contributed by atoms with Crippen molar-refractivity contribution in [1.82, 2.24) is 0 Å². The van der Waals surface area contributed by atoms with Gasteiger partial charge in [-0.25, -0.2) is 0 Å². The van der Waals surface area contributed by atoms with Crippen molar-refractivity contribution in [3.05, 3.63) is 29.8 Å². The maximum Gasteiger partial charge on any atom is 0.308 e. The smallest absolute Gasteiger partial charge is 0.308 e.